The van der Waals surface area contributed by atoms with Gasteiger partial charge in [-0.2, -0.15) is 0 Å². The Balaban J connectivity index is 2.93. The van der Waals surface area contributed by atoms with Gasteiger partial charge in [-0.15, -0.1) is 0 Å². The van der Waals surface area contributed by atoms with E-state index in [1.165, 1.54) is 0 Å². The average molecular weight is 285 g/mol. The van der Waals surface area contributed by atoms with Crippen LogP contribution in [0.1, 0.15) is 37.8 Å². The van der Waals surface area contributed by atoms with Gasteiger partial charge in [0.2, 0.25) is 10.0 Å². The summed E-state index contributed by atoms with van der Waals surface area (Å²) in [6.45, 7) is 8.29. The van der Waals surface area contributed by atoms with Crippen LogP contribution < -0.4 is 9.46 Å². The zero-order valence-corrected chi connectivity index (χ0v) is 12.9. The topological polar surface area (TPSA) is 55.4 Å². The highest BCUT2D eigenvalue weighted by atomic mass is 32.2. The van der Waals surface area contributed by atoms with Crippen molar-refractivity contribution < 1.29 is 13.2 Å². The van der Waals surface area contributed by atoms with E-state index in [0.717, 1.165) is 23.3 Å². The minimum atomic E-state index is -3.25. The summed E-state index contributed by atoms with van der Waals surface area (Å²) in [5.41, 5.74) is 2.44. The second kappa shape index (κ2) is 6.80. The Bertz CT molecular complexity index is 524. The van der Waals surface area contributed by atoms with E-state index in [1.807, 2.05) is 39.8 Å². The van der Waals surface area contributed by atoms with Gasteiger partial charge in [0, 0.05) is 0 Å². The maximum atomic E-state index is 11.9. The summed E-state index contributed by atoms with van der Waals surface area (Å²) < 4.78 is 31.9. The maximum Gasteiger partial charge on any atom is 0.232 e. The summed E-state index contributed by atoms with van der Waals surface area (Å²) in [7, 11) is -3.25. The third kappa shape index (κ3) is 4.74. The molecule has 0 atom stereocenters. The number of ether oxygens (including phenoxy) is 1. The highest BCUT2D eigenvalue weighted by molar-refractivity contribution is 7.92. The Kier molecular flexibility index (Phi) is 5.66. The molecule has 0 heterocycles. The van der Waals surface area contributed by atoms with E-state index in [4.69, 9.17) is 4.74 Å². The fourth-order valence-electron chi connectivity index (χ4n) is 1.76. The molecule has 0 aliphatic carbocycles. The number of hydrogen-bond acceptors (Lipinski definition) is 3. The molecule has 0 spiro atoms. The van der Waals surface area contributed by atoms with Gasteiger partial charge in [-0.1, -0.05) is 13.3 Å². The minimum Gasteiger partial charge on any atom is -0.494 e. The molecule has 108 valence electrons. The Morgan fingerprint density at radius 2 is 1.84 bits per heavy atom. The molecule has 1 rings (SSSR count). The number of anilines is 1. The van der Waals surface area contributed by atoms with E-state index < -0.39 is 10.0 Å². The lowest BCUT2D eigenvalue weighted by Crippen LogP contribution is -2.17. The zero-order valence-electron chi connectivity index (χ0n) is 12.1. The van der Waals surface area contributed by atoms with Crippen molar-refractivity contribution in [2.75, 3.05) is 17.1 Å². The summed E-state index contributed by atoms with van der Waals surface area (Å²) >= 11 is 0. The van der Waals surface area contributed by atoms with Crippen molar-refractivity contribution in [3.63, 3.8) is 0 Å². The predicted molar refractivity (Wildman–Crippen MR) is 79.4 cm³/mol. The second-order valence-corrected chi connectivity index (χ2v) is 6.48. The lowest BCUT2D eigenvalue weighted by molar-refractivity contribution is 0.338. The number of benzene rings is 1. The van der Waals surface area contributed by atoms with E-state index in [0.29, 0.717) is 18.7 Å². The summed E-state index contributed by atoms with van der Waals surface area (Å²) in [6, 6.07) is 3.69. The van der Waals surface area contributed by atoms with Gasteiger partial charge in [0.15, 0.2) is 0 Å². The summed E-state index contributed by atoms with van der Waals surface area (Å²) in [5.74, 6) is 0.964. The molecule has 1 aromatic carbocycles. The highest BCUT2D eigenvalue weighted by Crippen LogP contribution is 2.27. The molecule has 0 aliphatic heterocycles. The highest BCUT2D eigenvalue weighted by Gasteiger charge is 2.13. The third-order valence-corrected chi connectivity index (χ3v) is 4.21. The van der Waals surface area contributed by atoms with Gasteiger partial charge in [0.1, 0.15) is 5.75 Å². The van der Waals surface area contributed by atoms with Crippen LogP contribution in [0.15, 0.2) is 12.1 Å². The molecule has 0 saturated carbocycles. The molecule has 0 fully saturated rings. The minimum absolute atomic E-state index is 0.162. The standard InChI is InChI=1S/C14H23NO3S/c1-5-7-8-19(16,17)15-13-9-12(4)14(18-6-2)10-11(13)3/h9-10,15H,5-8H2,1-4H3. The number of aryl methyl sites for hydroxylation is 2. The largest absolute Gasteiger partial charge is 0.494 e. The molecule has 0 bridgehead atoms. The Labute approximate surface area is 116 Å². The van der Waals surface area contributed by atoms with E-state index in [9.17, 15) is 8.42 Å². The normalized spacial score (nSPS) is 11.4. The number of sulfonamides is 1. The smallest absolute Gasteiger partial charge is 0.232 e. The molecule has 0 unspecified atom stereocenters. The van der Waals surface area contributed by atoms with Crippen LogP contribution in [-0.4, -0.2) is 20.8 Å². The molecule has 4 nitrogen and oxygen atoms in total. The first-order chi connectivity index (χ1) is 8.89. The predicted octanol–water partition coefficient (Wildman–Crippen LogP) is 3.24. The van der Waals surface area contributed by atoms with Gasteiger partial charge in [0.05, 0.1) is 18.0 Å². The van der Waals surface area contributed by atoms with Crippen LogP contribution in [0.5, 0.6) is 5.75 Å². The Hall–Kier alpha value is -1.23. The van der Waals surface area contributed by atoms with E-state index in [1.54, 1.807) is 0 Å². The van der Waals surface area contributed by atoms with Gasteiger partial charge in [0.25, 0.3) is 0 Å². The monoisotopic (exact) mass is 285 g/mol. The van der Waals surface area contributed by atoms with Crippen molar-refractivity contribution in [2.45, 2.75) is 40.5 Å². The van der Waals surface area contributed by atoms with Crippen molar-refractivity contribution >= 4 is 15.7 Å². The van der Waals surface area contributed by atoms with Crippen LogP contribution in [0.4, 0.5) is 5.69 Å². The van der Waals surface area contributed by atoms with Crippen LogP contribution >= 0.6 is 0 Å². The maximum absolute atomic E-state index is 11.9. The summed E-state index contributed by atoms with van der Waals surface area (Å²) in [6.07, 6.45) is 1.53. The first kappa shape index (κ1) is 15.8. The number of rotatable bonds is 7. The van der Waals surface area contributed by atoms with Gasteiger partial charge in [-0.3, -0.25) is 4.72 Å². The quantitative estimate of drug-likeness (QED) is 0.836. The van der Waals surface area contributed by atoms with E-state index >= 15 is 0 Å². The molecule has 0 amide bonds. The van der Waals surface area contributed by atoms with Gasteiger partial charge in [-0.05, 0) is 50.5 Å². The van der Waals surface area contributed by atoms with Crippen LogP contribution in [0, 0.1) is 13.8 Å². The van der Waals surface area contributed by atoms with Crippen LogP contribution in [0.2, 0.25) is 0 Å². The van der Waals surface area contributed by atoms with E-state index in [-0.39, 0.29) is 5.75 Å². The number of unbranched alkanes of at least 4 members (excludes halogenated alkanes) is 1. The van der Waals surface area contributed by atoms with Crippen molar-refractivity contribution in [1.29, 1.82) is 0 Å². The fraction of sp³-hybridized carbons (Fsp3) is 0.571. The van der Waals surface area contributed by atoms with Gasteiger partial charge in [-0.25, -0.2) is 8.42 Å². The van der Waals surface area contributed by atoms with E-state index in [2.05, 4.69) is 4.72 Å². The molecule has 5 heteroatoms. The SMILES string of the molecule is CCCCS(=O)(=O)Nc1cc(C)c(OCC)cc1C. The van der Waals surface area contributed by atoms with Crippen LogP contribution in [0.25, 0.3) is 0 Å². The first-order valence-electron chi connectivity index (χ1n) is 6.64. The third-order valence-electron chi connectivity index (χ3n) is 2.85. The van der Waals surface area contributed by atoms with Crippen molar-refractivity contribution in [3.8, 4) is 5.75 Å². The van der Waals surface area contributed by atoms with Crippen LogP contribution in [-0.2, 0) is 10.0 Å². The molecule has 0 aliphatic rings. The summed E-state index contributed by atoms with van der Waals surface area (Å²) in [4.78, 5) is 0. The lowest BCUT2D eigenvalue weighted by atomic mass is 10.1. The van der Waals surface area contributed by atoms with Crippen LogP contribution in [0.3, 0.4) is 0 Å². The zero-order chi connectivity index (χ0) is 14.5. The van der Waals surface area contributed by atoms with Gasteiger partial charge < -0.3 is 4.74 Å². The number of hydrogen-bond donors (Lipinski definition) is 1. The van der Waals surface area contributed by atoms with Crippen molar-refractivity contribution in [2.24, 2.45) is 0 Å². The van der Waals surface area contributed by atoms with Gasteiger partial charge >= 0.3 is 0 Å². The molecule has 1 aromatic rings. The molecular formula is C14H23NO3S. The van der Waals surface area contributed by atoms with Crippen molar-refractivity contribution in [1.82, 2.24) is 0 Å². The average Bonchev–Trinajstić information content (AvgIpc) is 2.33. The Morgan fingerprint density at radius 3 is 2.42 bits per heavy atom. The second-order valence-electron chi connectivity index (χ2n) is 4.64. The molecule has 0 saturated heterocycles. The molecule has 19 heavy (non-hydrogen) atoms. The Morgan fingerprint density at radius 1 is 1.16 bits per heavy atom. The molecular weight excluding hydrogens is 262 g/mol. The first-order valence-corrected chi connectivity index (χ1v) is 8.29. The van der Waals surface area contributed by atoms with Crippen molar-refractivity contribution in [3.05, 3.63) is 23.3 Å². The fourth-order valence-corrected chi connectivity index (χ4v) is 3.09. The molecule has 0 radical (unpaired) electrons. The number of nitrogens with one attached hydrogen (secondary N) is 1. The molecule has 1 N–H and O–H groups in total. The lowest BCUT2D eigenvalue weighted by Gasteiger charge is -2.14. The molecule has 0 aromatic heterocycles. The summed E-state index contributed by atoms with van der Waals surface area (Å²) in [5, 5.41) is 0.